The summed E-state index contributed by atoms with van der Waals surface area (Å²) in [7, 11) is 0. The Morgan fingerprint density at radius 2 is 1.81 bits per heavy atom. The van der Waals surface area contributed by atoms with E-state index in [2.05, 4.69) is 24.8 Å². The quantitative estimate of drug-likeness (QED) is 0.537. The summed E-state index contributed by atoms with van der Waals surface area (Å²) in [5, 5.41) is 0.688. The molecule has 0 saturated heterocycles. The van der Waals surface area contributed by atoms with Crippen LogP contribution >= 0.6 is 47.5 Å². The molecule has 0 atom stereocenters. The van der Waals surface area contributed by atoms with Crippen molar-refractivity contribution in [1.29, 1.82) is 0 Å². The fraction of sp³-hybridized carbons (Fsp3) is 0.316. The van der Waals surface area contributed by atoms with Crippen LogP contribution in [0, 0.1) is 0 Å². The van der Waals surface area contributed by atoms with Crippen LogP contribution in [0.1, 0.15) is 13.8 Å². The lowest BCUT2D eigenvalue weighted by atomic mass is 10.2. The lowest BCUT2D eigenvalue weighted by Gasteiger charge is -2.31. The van der Waals surface area contributed by atoms with E-state index in [1.165, 1.54) is 11.8 Å². The summed E-state index contributed by atoms with van der Waals surface area (Å²) in [4.78, 5) is 19.3. The molecule has 0 bridgehead atoms. The van der Waals surface area contributed by atoms with Crippen LogP contribution in [0.5, 0.6) is 0 Å². The van der Waals surface area contributed by atoms with Crippen LogP contribution in [0.25, 0.3) is 0 Å². The van der Waals surface area contributed by atoms with E-state index in [0.717, 1.165) is 46.6 Å². The molecule has 0 radical (unpaired) electrons. The van der Waals surface area contributed by atoms with Gasteiger partial charge in [0.1, 0.15) is 0 Å². The van der Waals surface area contributed by atoms with Gasteiger partial charge in [-0.1, -0.05) is 61.1 Å². The molecule has 0 aromatic heterocycles. The first-order valence-electron chi connectivity index (χ1n) is 8.39. The molecule has 140 valence electrons. The van der Waals surface area contributed by atoms with Gasteiger partial charge in [-0.15, -0.1) is 12.4 Å². The number of fused-ring (bicyclic) bond motifs is 2. The van der Waals surface area contributed by atoms with Crippen molar-refractivity contribution >= 4 is 64.1 Å². The summed E-state index contributed by atoms with van der Waals surface area (Å²) in [5.41, 5.74) is 1.80. The Bertz CT molecular complexity index is 769. The second-order valence-corrected chi connectivity index (χ2v) is 8.22. The number of thioether (sulfide) groups is 1. The van der Waals surface area contributed by atoms with Crippen LogP contribution in [0.2, 0.25) is 5.02 Å². The number of halogens is 2. The summed E-state index contributed by atoms with van der Waals surface area (Å²) >= 11 is 9.24. The lowest BCUT2D eigenvalue weighted by Crippen LogP contribution is -2.28. The van der Waals surface area contributed by atoms with E-state index < -0.39 is 0 Å². The highest BCUT2D eigenvalue weighted by Gasteiger charge is 2.28. The number of amides is 1. The number of carbonyl (C=O) groups excluding carboxylic acids is 1. The lowest BCUT2D eigenvalue weighted by molar-refractivity contribution is 0.266. The first-order chi connectivity index (χ1) is 12.1. The standard InChI is InChI=1S/C19H21ClN2OS2.ClH/c1-3-21(4-2)11-12-24-19(23)22-15-7-5-6-8-17(15)25-18-10-9-14(20)13-16(18)22;/h5-10,13H,3-4,11-12H2,1-2H3;1H. The molecule has 1 amide bonds. The highest BCUT2D eigenvalue weighted by molar-refractivity contribution is 8.14. The Morgan fingerprint density at radius 3 is 2.54 bits per heavy atom. The molecular weight excluding hydrogens is 407 g/mol. The van der Waals surface area contributed by atoms with Crippen LogP contribution < -0.4 is 4.90 Å². The average molecular weight is 429 g/mol. The number of hydrogen-bond acceptors (Lipinski definition) is 4. The maximum absolute atomic E-state index is 13.0. The molecule has 1 aliphatic heterocycles. The molecule has 3 rings (SSSR count). The molecule has 7 heteroatoms. The highest BCUT2D eigenvalue weighted by Crippen LogP contribution is 2.49. The summed E-state index contributed by atoms with van der Waals surface area (Å²) in [6, 6.07) is 13.8. The van der Waals surface area contributed by atoms with Gasteiger partial charge in [-0.2, -0.15) is 0 Å². The van der Waals surface area contributed by atoms with Gasteiger partial charge in [0.25, 0.3) is 5.24 Å². The van der Waals surface area contributed by atoms with Crippen molar-refractivity contribution in [3.63, 3.8) is 0 Å². The van der Waals surface area contributed by atoms with E-state index in [0.29, 0.717) is 5.02 Å². The van der Waals surface area contributed by atoms with E-state index in [1.807, 2.05) is 36.4 Å². The summed E-state index contributed by atoms with van der Waals surface area (Å²) in [5.74, 6) is 0.780. The van der Waals surface area contributed by atoms with E-state index in [-0.39, 0.29) is 17.6 Å². The second-order valence-electron chi connectivity index (χ2n) is 5.66. The number of anilines is 2. The molecule has 1 aliphatic rings. The van der Waals surface area contributed by atoms with Gasteiger partial charge in [0, 0.05) is 27.1 Å². The number of benzene rings is 2. The first-order valence-corrected chi connectivity index (χ1v) is 10.6. The maximum atomic E-state index is 13.0. The monoisotopic (exact) mass is 428 g/mol. The van der Waals surface area contributed by atoms with Crippen LogP contribution in [0.4, 0.5) is 16.2 Å². The fourth-order valence-corrected chi connectivity index (χ4v) is 4.85. The minimum absolute atomic E-state index is 0. The van der Waals surface area contributed by atoms with Gasteiger partial charge in [-0.05, 0) is 43.4 Å². The minimum atomic E-state index is 0. The van der Waals surface area contributed by atoms with Crippen molar-refractivity contribution in [3.05, 3.63) is 47.5 Å². The molecule has 0 aliphatic carbocycles. The number of hydrogen-bond donors (Lipinski definition) is 0. The van der Waals surface area contributed by atoms with Crippen LogP contribution in [0.15, 0.2) is 52.3 Å². The van der Waals surface area contributed by atoms with Gasteiger partial charge in [-0.3, -0.25) is 9.69 Å². The predicted molar refractivity (Wildman–Crippen MR) is 117 cm³/mol. The highest BCUT2D eigenvalue weighted by atomic mass is 35.5. The van der Waals surface area contributed by atoms with Crippen LogP contribution in [-0.4, -0.2) is 35.5 Å². The van der Waals surface area contributed by atoms with Gasteiger partial charge in [0.2, 0.25) is 0 Å². The summed E-state index contributed by atoms with van der Waals surface area (Å²) in [6.45, 7) is 7.22. The smallest absolute Gasteiger partial charge is 0.290 e. The molecule has 0 saturated carbocycles. The Morgan fingerprint density at radius 1 is 1.12 bits per heavy atom. The number of nitrogens with zero attached hydrogens (tertiary/aromatic N) is 2. The second kappa shape index (κ2) is 9.90. The number of carbonyl (C=O) groups is 1. The van der Waals surface area contributed by atoms with Crippen molar-refractivity contribution in [2.45, 2.75) is 23.6 Å². The van der Waals surface area contributed by atoms with Crippen molar-refractivity contribution < 1.29 is 4.79 Å². The molecule has 2 aromatic carbocycles. The zero-order valence-corrected chi connectivity index (χ0v) is 18.0. The van der Waals surface area contributed by atoms with Crippen molar-refractivity contribution in [2.75, 3.05) is 30.3 Å². The topological polar surface area (TPSA) is 23.6 Å². The van der Waals surface area contributed by atoms with E-state index in [4.69, 9.17) is 11.6 Å². The van der Waals surface area contributed by atoms with E-state index >= 15 is 0 Å². The van der Waals surface area contributed by atoms with Gasteiger partial charge in [0.15, 0.2) is 0 Å². The van der Waals surface area contributed by atoms with Crippen molar-refractivity contribution in [1.82, 2.24) is 4.90 Å². The summed E-state index contributed by atoms with van der Waals surface area (Å²) < 4.78 is 0. The summed E-state index contributed by atoms with van der Waals surface area (Å²) in [6.07, 6.45) is 0. The molecule has 3 nitrogen and oxygen atoms in total. The van der Waals surface area contributed by atoms with Crippen LogP contribution in [0.3, 0.4) is 0 Å². The normalized spacial score (nSPS) is 12.4. The third-order valence-corrected chi connectivity index (χ3v) is 6.38. The predicted octanol–water partition coefficient (Wildman–Crippen LogP) is 6.56. The van der Waals surface area contributed by atoms with Crippen molar-refractivity contribution in [3.8, 4) is 0 Å². The van der Waals surface area contributed by atoms with Gasteiger partial charge in [-0.25, -0.2) is 0 Å². The zero-order valence-electron chi connectivity index (χ0n) is 14.8. The molecule has 0 fully saturated rings. The zero-order chi connectivity index (χ0) is 17.8. The molecule has 1 heterocycles. The molecule has 0 unspecified atom stereocenters. The van der Waals surface area contributed by atoms with Gasteiger partial charge in [0.05, 0.1) is 11.4 Å². The van der Waals surface area contributed by atoms with Gasteiger partial charge < -0.3 is 4.90 Å². The van der Waals surface area contributed by atoms with Gasteiger partial charge >= 0.3 is 0 Å². The number of rotatable bonds is 5. The third-order valence-electron chi connectivity index (χ3n) is 4.20. The Balaban J connectivity index is 0.00000243. The Hall–Kier alpha value is -0.850. The fourth-order valence-electron chi connectivity index (χ4n) is 2.79. The Labute approximate surface area is 174 Å². The minimum Gasteiger partial charge on any atom is -0.303 e. The van der Waals surface area contributed by atoms with Crippen molar-refractivity contribution in [2.24, 2.45) is 0 Å². The maximum Gasteiger partial charge on any atom is 0.290 e. The number of para-hydroxylation sites is 1. The molecule has 2 aromatic rings. The molecule has 0 spiro atoms. The molecule has 26 heavy (non-hydrogen) atoms. The van der Waals surface area contributed by atoms with E-state index in [1.54, 1.807) is 16.7 Å². The molecule has 0 N–H and O–H groups in total. The van der Waals surface area contributed by atoms with E-state index in [9.17, 15) is 4.79 Å². The third kappa shape index (κ3) is 4.70. The van der Waals surface area contributed by atoms with Crippen LogP contribution in [-0.2, 0) is 0 Å². The SMILES string of the molecule is CCN(CC)CCSC(=O)N1c2ccccc2Sc2ccc(Cl)cc21.Cl. The Kier molecular flexibility index (Phi) is 8.17. The first kappa shape index (κ1) is 21.5. The molecular formula is C19H22Cl2N2OS2. The average Bonchev–Trinajstić information content (AvgIpc) is 2.63. The largest absolute Gasteiger partial charge is 0.303 e.